The molecule has 3 aromatic rings. The van der Waals surface area contributed by atoms with E-state index in [1.807, 2.05) is 38.1 Å². The van der Waals surface area contributed by atoms with E-state index in [2.05, 4.69) is 15.5 Å². The first-order valence-electron chi connectivity index (χ1n) is 7.69. The molecule has 1 aromatic carbocycles. The Morgan fingerprint density at radius 2 is 2.12 bits per heavy atom. The molecule has 1 amide bonds. The number of furan rings is 1. The van der Waals surface area contributed by atoms with Crippen molar-refractivity contribution in [2.24, 2.45) is 0 Å². The van der Waals surface area contributed by atoms with Crippen molar-refractivity contribution in [1.82, 2.24) is 15.5 Å². The maximum Gasteiger partial charge on any atom is 0.287 e. The number of halogens is 1. The Kier molecular flexibility index (Phi) is 4.71. The molecule has 2 N–H and O–H groups in total. The summed E-state index contributed by atoms with van der Waals surface area (Å²) in [6.45, 7) is 3.87. The number of H-pyrrole nitrogens is 1. The number of benzene rings is 1. The molecular weight excluding hydrogens is 326 g/mol. The average Bonchev–Trinajstić information content (AvgIpc) is 3.17. The van der Waals surface area contributed by atoms with Crippen molar-refractivity contribution in [2.45, 2.75) is 26.3 Å². The Morgan fingerprint density at radius 1 is 1.33 bits per heavy atom. The average molecular weight is 344 g/mol. The number of aromatic nitrogens is 2. The Balaban J connectivity index is 1.66. The molecule has 2 heterocycles. The summed E-state index contributed by atoms with van der Waals surface area (Å²) in [6, 6.07) is 12.7. The van der Waals surface area contributed by atoms with Gasteiger partial charge in [-0.3, -0.25) is 9.89 Å². The Labute approximate surface area is 145 Å². The third kappa shape index (κ3) is 3.68. The Morgan fingerprint density at radius 3 is 2.83 bits per heavy atom. The predicted octanol–water partition coefficient (Wildman–Crippen LogP) is 3.99. The van der Waals surface area contributed by atoms with E-state index >= 15 is 0 Å². The quantitative estimate of drug-likeness (QED) is 0.735. The second-order valence-corrected chi connectivity index (χ2v) is 6.17. The van der Waals surface area contributed by atoms with Crippen LogP contribution in [0.25, 0.3) is 11.3 Å². The normalized spacial score (nSPS) is 12.1. The van der Waals surface area contributed by atoms with Gasteiger partial charge in [0.05, 0.1) is 10.7 Å². The number of rotatable bonds is 5. The van der Waals surface area contributed by atoms with Crippen LogP contribution >= 0.6 is 11.6 Å². The number of hydrogen-bond donors (Lipinski definition) is 2. The van der Waals surface area contributed by atoms with Gasteiger partial charge in [-0.05, 0) is 44.2 Å². The van der Waals surface area contributed by atoms with E-state index in [-0.39, 0.29) is 17.7 Å². The van der Waals surface area contributed by atoms with Gasteiger partial charge in [0.2, 0.25) is 0 Å². The number of nitrogens with zero attached hydrogens (tertiary/aromatic N) is 1. The third-order valence-electron chi connectivity index (χ3n) is 3.62. The lowest BCUT2D eigenvalue weighted by atomic mass is 10.1. The second-order valence-electron chi connectivity index (χ2n) is 5.76. The minimum absolute atomic E-state index is 0.0611. The highest BCUT2D eigenvalue weighted by atomic mass is 35.5. The lowest BCUT2D eigenvalue weighted by molar-refractivity contribution is 0.0913. The van der Waals surface area contributed by atoms with Crippen LogP contribution in [0.4, 0.5) is 0 Å². The first-order chi connectivity index (χ1) is 11.5. The Bertz CT molecular complexity index is 853. The van der Waals surface area contributed by atoms with Gasteiger partial charge < -0.3 is 9.73 Å². The summed E-state index contributed by atoms with van der Waals surface area (Å²) in [6.07, 6.45) is 0.647. The van der Waals surface area contributed by atoms with Gasteiger partial charge in [0.25, 0.3) is 5.91 Å². The molecule has 0 aliphatic heterocycles. The summed E-state index contributed by atoms with van der Waals surface area (Å²) in [7, 11) is 0. The third-order valence-corrected chi connectivity index (χ3v) is 3.95. The van der Waals surface area contributed by atoms with Crippen LogP contribution < -0.4 is 5.32 Å². The van der Waals surface area contributed by atoms with Gasteiger partial charge in [-0.15, -0.1) is 0 Å². The molecule has 0 bridgehead atoms. The zero-order valence-corrected chi connectivity index (χ0v) is 14.2. The number of hydrogen-bond acceptors (Lipinski definition) is 3. The monoisotopic (exact) mass is 343 g/mol. The largest absolute Gasteiger partial charge is 0.451 e. The van der Waals surface area contributed by atoms with Crippen LogP contribution in [-0.2, 0) is 6.42 Å². The fraction of sp³-hybridized carbons (Fsp3) is 0.222. The van der Waals surface area contributed by atoms with Crippen LogP contribution in [0.15, 0.2) is 46.9 Å². The standard InChI is InChI=1S/C18H18ClN3O2/c1-11(9-13-10-12(2)21-22-13)20-18(23)17-8-7-16(24-17)14-5-3-4-6-15(14)19/h3-8,10-11H,9H2,1-2H3,(H,20,23)(H,21,22)/t11-/m1/s1. The van der Waals surface area contributed by atoms with Crippen LogP contribution in [0.1, 0.15) is 28.9 Å². The van der Waals surface area contributed by atoms with E-state index in [0.717, 1.165) is 17.0 Å². The summed E-state index contributed by atoms with van der Waals surface area (Å²) in [5.41, 5.74) is 2.67. The van der Waals surface area contributed by atoms with E-state index in [1.165, 1.54) is 0 Å². The first kappa shape index (κ1) is 16.3. The fourth-order valence-electron chi connectivity index (χ4n) is 2.50. The molecule has 0 unspecified atom stereocenters. The molecule has 1 atom stereocenters. The van der Waals surface area contributed by atoms with Crippen molar-refractivity contribution in [3.63, 3.8) is 0 Å². The van der Waals surface area contributed by atoms with Crippen LogP contribution in [0, 0.1) is 6.92 Å². The zero-order chi connectivity index (χ0) is 17.1. The molecule has 24 heavy (non-hydrogen) atoms. The molecule has 0 spiro atoms. The summed E-state index contributed by atoms with van der Waals surface area (Å²) in [5.74, 6) is 0.573. The van der Waals surface area contributed by atoms with E-state index in [1.54, 1.807) is 18.2 Å². The van der Waals surface area contributed by atoms with Crippen molar-refractivity contribution in [1.29, 1.82) is 0 Å². The van der Waals surface area contributed by atoms with Gasteiger partial charge >= 0.3 is 0 Å². The first-order valence-corrected chi connectivity index (χ1v) is 8.07. The number of amides is 1. The van der Waals surface area contributed by atoms with Crippen molar-refractivity contribution in [3.8, 4) is 11.3 Å². The minimum atomic E-state index is -0.256. The molecule has 6 heteroatoms. The highest BCUT2D eigenvalue weighted by molar-refractivity contribution is 6.33. The summed E-state index contributed by atoms with van der Waals surface area (Å²) in [4.78, 5) is 12.3. The summed E-state index contributed by atoms with van der Waals surface area (Å²) >= 11 is 6.15. The fourth-order valence-corrected chi connectivity index (χ4v) is 2.73. The van der Waals surface area contributed by atoms with Gasteiger partial charge in [-0.25, -0.2) is 0 Å². The van der Waals surface area contributed by atoms with Gasteiger partial charge in [-0.2, -0.15) is 5.10 Å². The van der Waals surface area contributed by atoms with Crippen LogP contribution in [0.5, 0.6) is 0 Å². The molecule has 3 rings (SSSR count). The predicted molar refractivity (Wildman–Crippen MR) is 93.1 cm³/mol. The van der Waals surface area contributed by atoms with Gasteiger partial charge in [-0.1, -0.05) is 23.7 Å². The number of carbonyl (C=O) groups is 1. The molecule has 0 fully saturated rings. The molecule has 0 saturated carbocycles. The minimum Gasteiger partial charge on any atom is -0.451 e. The van der Waals surface area contributed by atoms with Gasteiger partial charge in [0.15, 0.2) is 5.76 Å². The number of carbonyl (C=O) groups excluding carboxylic acids is 1. The molecule has 0 saturated heterocycles. The van der Waals surface area contributed by atoms with Gasteiger partial charge in [0, 0.05) is 23.7 Å². The van der Waals surface area contributed by atoms with E-state index in [0.29, 0.717) is 17.2 Å². The zero-order valence-electron chi connectivity index (χ0n) is 13.5. The van der Waals surface area contributed by atoms with E-state index < -0.39 is 0 Å². The summed E-state index contributed by atoms with van der Waals surface area (Å²) < 4.78 is 5.65. The lowest BCUT2D eigenvalue weighted by Crippen LogP contribution is -2.33. The van der Waals surface area contributed by atoms with Gasteiger partial charge in [0.1, 0.15) is 5.76 Å². The molecule has 0 aliphatic carbocycles. The Hall–Kier alpha value is -2.53. The number of nitrogens with one attached hydrogen (secondary N) is 2. The van der Waals surface area contributed by atoms with E-state index in [4.69, 9.17) is 16.0 Å². The maximum absolute atomic E-state index is 12.3. The summed E-state index contributed by atoms with van der Waals surface area (Å²) in [5, 5.41) is 10.6. The topological polar surface area (TPSA) is 70.9 Å². The number of aryl methyl sites for hydroxylation is 1. The molecule has 0 radical (unpaired) electrons. The molecule has 5 nitrogen and oxygen atoms in total. The lowest BCUT2D eigenvalue weighted by Gasteiger charge is -2.11. The maximum atomic E-state index is 12.3. The van der Waals surface area contributed by atoms with Crippen LogP contribution in [-0.4, -0.2) is 22.1 Å². The smallest absolute Gasteiger partial charge is 0.287 e. The highest BCUT2D eigenvalue weighted by Crippen LogP contribution is 2.29. The van der Waals surface area contributed by atoms with Crippen molar-refractivity contribution in [3.05, 3.63) is 64.6 Å². The second kappa shape index (κ2) is 6.93. The molecular formula is C18H18ClN3O2. The highest BCUT2D eigenvalue weighted by Gasteiger charge is 2.16. The molecule has 0 aliphatic rings. The number of aromatic amines is 1. The van der Waals surface area contributed by atoms with Crippen molar-refractivity contribution < 1.29 is 9.21 Å². The SMILES string of the molecule is Cc1cc(C[C@@H](C)NC(=O)c2ccc(-c3ccccc3Cl)o2)n[nH]1. The van der Waals surface area contributed by atoms with E-state index in [9.17, 15) is 4.79 Å². The van der Waals surface area contributed by atoms with Crippen LogP contribution in [0.3, 0.4) is 0 Å². The van der Waals surface area contributed by atoms with Crippen LogP contribution in [0.2, 0.25) is 5.02 Å². The molecule has 124 valence electrons. The molecule has 2 aromatic heterocycles. The van der Waals surface area contributed by atoms with Crippen molar-refractivity contribution in [2.75, 3.05) is 0 Å². The van der Waals surface area contributed by atoms with Crippen molar-refractivity contribution >= 4 is 17.5 Å².